The highest BCUT2D eigenvalue weighted by atomic mass is 19.1. The molecule has 2 aliphatic carbocycles. The van der Waals surface area contributed by atoms with Gasteiger partial charge in [-0.25, -0.2) is 4.39 Å². The van der Waals surface area contributed by atoms with Crippen LogP contribution in [0.15, 0.2) is 30.9 Å². The second-order valence-electron chi connectivity index (χ2n) is 8.84. The first kappa shape index (κ1) is 26.3. The van der Waals surface area contributed by atoms with Gasteiger partial charge in [0.1, 0.15) is 5.82 Å². The highest BCUT2D eigenvalue weighted by Crippen LogP contribution is 2.36. The van der Waals surface area contributed by atoms with Crippen LogP contribution in [-0.2, 0) is 0 Å². The molecule has 0 spiro atoms. The third-order valence-corrected chi connectivity index (χ3v) is 6.89. The fourth-order valence-electron chi connectivity index (χ4n) is 4.81. The zero-order valence-corrected chi connectivity index (χ0v) is 20.1. The third kappa shape index (κ3) is 7.59. The van der Waals surface area contributed by atoms with Gasteiger partial charge >= 0.3 is 0 Å². The minimum Gasteiger partial charge on any atom is -0.330 e. The van der Waals surface area contributed by atoms with Crippen molar-refractivity contribution in [2.24, 2.45) is 23.3 Å². The Morgan fingerprint density at radius 2 is 1.38 bits per heavy atom. The van der Waals surface area contributed by atoms with Gasteiger partial charge in [-0.15, -0.1) is 0 Å². The van der Waals surface area contributed by atoms with E-state index in [0.717, 1.165) is 55.9 Å². The van der Waals surface area contributed by atoms with Crippen LogP contribution in [0.25, 0.3) is 0 Å². The Balaban J connectivity index is 0.000000212. The number of nitrogens with zero attached hydrogens (tertiary/aromatic N) is 3. The predicted octanol–water partition coefficient (Wildman–Crippen LogP) is 5.50. The molecule has 2 fully saturated rings. The van der Waals surface area contributed by atoms with Crippen LogP contribution in [-0.4, -0.2) is 28.0 Å². The fraction of sp³-hybridized carbons (Fsp3) is 0.654. The summed E-state index contributed by atoms with van der Waals surface area (Å²) in [5.41, 5.74) is 13.8. The zero-order chi connectivity index (χ0) is 23.3. The van der Waals surface area contributed by atoms with Gasteiger partial charge in [0.2, 0.25) is 0 Å². The maximum absolute atomic E-state index is 13.9. The topological polar surface area (TPSA) is 90.7 Å². The van der Waals surface area contributed by atoms with E-state index in [4.69, 9.17) is 11.5 Å². The number of pyridine rings is 1. The fourth-order valence-corrected chi connectivity index (χ4v) is 4.81. The van der Waals surface area contributed by atoms with Crippen LogP contribution in [0.1, 0.15) is 94.0 Å². The van der Waals surface area contributed by atoms with E-state index in [-0.39, 0.29) is 5.82 Å². The molecule has 2 aliphatic rings. The lowest BCUT2D eigenvalue weighted by Gasteiger charge is -2.28. The predicted molar refractivity (Wildman–Crippen MR) is 130 cm³/mol. The molecule has 0 atom stereocenters. The first-order valence-corrected chi connectivity index (χ1v) is 12.4. The van der Waals surface area contributed by atoms with E-state index < -0.39 is 0 Å². The smallest absolute Gasteiger partial charge is 0.147 e. The molecule has 4 N–H and O–H groups in total. The molecule has 2 saturated carbocycles. The second kappa shape index (κ2) is 14.3. The zero-order valence-electron chi connectivity index (χ0n) is 20.1. The molecule has 0 bridgehead atoms. The van der Waals surface area contributed by atoms with Gasteiger partial charge < -0.3 is 11.5 Å². The van der Waals surface area contributed by atoms with Gasteiger partial charge in [-0.2, -0.15) is 0 Å². The molecule has 5 nitrogen and oxygen atoms in total. The molecule has 6 heteroatoms. The van der Waals surface area contributed by atoms with Gasteiger partial charge in [-0.3, -0.25) is 15.0 Å². The lowest BCUT2D eigenvalue weighted by molar-refractivity contribution is 0.327. The quantitative estimate of drug-likeness (QED) is 0.651. The normalized spacial score (nSPS) is 25.1. The molecule has 0 saturated heterocycles. The van der Waals surface area contributed by atoms with E-state index in [2.05, 4.69) is 15.0 Å². The SMILES string of the molecule is CC.Cc1nccc(C2CCC(CN)CC2)c1F.NCC1CCC(c2cnccn2)CC1. The molecule has 2 heterocycles. The molecule has 0 aliphatic heterocycles. The highest BCUT2D eigenvalue weighted by molar-refractivity contribution is 5.23. The summed E-state index contributed by atoms with van der Waals surface area (Å²) in [5.74, 6) is 2.25. The van der Waals surface area contributed by atoms with Crippen LogP contribution in [0, 0.1) is 24.6 Å². The Kier molecular flexibility index (Phi) is 11.7. The van der Waals surface area contributed by atoms with Crippen molar-refractivity contribution in [3.63, 3.8) is 0 Å². The average molecular weight is 444 g/mol. The van der Waals surface area contributed by atoms with Crippen molar-refractivity contribution >= 4 is 0 Å². The lowest BCUT2D eigenvalue weighted by Crippen LogP contribution is -2.21. The second-order valence-corrected chi connectivity index (χ2v) is 8.84. The van der Waals surface area contributed by atoms with Crippen LogP contribution in [0.5, 0.6) is 0 Å². The molecular formula is C26H42FN5. The number of aryl methyl sites for hydroxylation is 1. The minimum atomic E-state index is -0.112. The van der Waals surface area contributed by atoms with E-state index in [1.165, 1.54) is 25.7 Å². The minimum absolute atomic E-state index is 0.112. The standard InChI is InChI=1S/C13H19FN2.C11H17N3.C2H6/c1-9-13(14)12(6-7-16-9)11-4-2-10(8-15)3-5-11;12-7-9-1-3-10(4-2-9)11-8-13-5-6-14-11;1-2/h6-7,10-11H,2-5,8,15H2,1H3;5-6,8-10H,1-4,7,12H2;1-2H3. The first-order valence-electron chi connectivity index (χ1n) is 12.4. The van der Waals surface area contributed by atoms with E-state index in [0.29, 0.717) is 23.4 Å². The molecule has 0 radical (unpaired) electrons. The summed E-state index contributed by atoms with van der Waals surface area (Å²) in [4.78, 5) is 12.4. The van der Waals surface area contributed by atoms with Crippen molar-refractivity contribution < 1.29 is 4.39 Å². The Morgan fingerprint density at radius 1 is 0.812 bits per heavy atom. The number of rotatable bonds is 4. The van der Waals surface area contributed by atoms with Gasteiger partial charge in [-0.1, -0.05) is 13.8 Å². The van der Waals surface area contributed by atoms with E-state index in [9.17, 15) is 4.39 Å². The van der Waals surface area contributed by atoms with Crippen LogP contribution in [0.2, 0.25) is 0 Å². The number of aromatic nitrogens is 3. The summed E-state index contributed by atoms with van der Waals surface area (Å²) in [6.07, 6.45) is 16.4. The van der Waals surface area contributed by atoms with Gasteiger partial charge in [0, 0.05) is 30.7 Å². The summed E-state index contributed by atoms with van der Waals surface area (Å²) in [5, 5.41) is 0. The van der Waals surface area contributed by atoms with Crippen molar-refractivity contribution in [1.82, 2.24) is 15.0 Å². The summed E-state index contributed by atoms with van der Waals surface area (Å²) in [6.45, 7) is 7.34. The molecule has 2 aromatic heterocycles. The molecule has 0 unspecified atom stereocenters. The maximum atomic E-state index is 13.9. The Hall–Kier alpha value is -1.92. The van der Waals surface area contributed by atoms with Crippen LogP contribution >= 0.6 is 0 Å². The van der Waals surface area contributed by atoms with Gasteiger partial charge in [0.25, 0.3) is 0 Å². The summed E-state index contributed by atoms with van der Waals surface area (Å²) in [6, 6.07) is 1.83. The largest absolute Gasteiger partial charge is 0.330 e. The Morgan fingerprint density at radius 3 is 1.88 bits per heavy atom. The molecule has 178 valence electrons. The van der Waals surface area contributed by atoms with E-state index >= 15 is 0 Å². The third-order valence-electron chi connectivity index (χ3n) is 6.89. The molecular weight excluding hydrogens is 401 g/mol. The van der Waals surface area contributed by atoms with Crippen molar-refractivity contribution in [2.45, 2.75) is 84.0 Å². The van der Waals surface area contributed by atoms with E-state index in [1.54, 1.807) is 25.5 Å². The Labute approximate surface area is 193 Å². The van der Waals surface area contributed by atoms with Crippen molar-refractivity contribution in [3.05, 3.63) is 53.6 Å². The summed E-state index contributed by atoms with van der Waals surface area (Å²) in [7, 11) is 0. The Bertz CT molecular complexity index is 754. The maximum Gasteiger partial charge on any atom is 0.147 e. The summed E-state index contributed by atoms with van der Waals surface area (Å²) < 4.78 is 13.9. The first-order chi connectivity index (χ1) is 15.6. The lowest BCUT2D eigenvalue weighted by atomic mass is 9.78. The number of hydrogen-bond donors (Lipinski definition) is 2. The van der Waals surface area contributed by atoms with Crippen molar-refractivity contribution in [3.8, 4) is 0 Å². The van der Waals surface area contributed by atoms with Gasteiger partial charge in [-0.05, 0) is 101 Å². The van der Waals surface area contributed by atoms with Crippen molar-refractivity contribution in [1.29, 1.82) is 0 Å². The number of nitrogens with two attached hydrogens (primary N) is 2. The molecule has 32 heavy (non-hydrogen) atoms. The van der Waals surface area contributed by atoms with Crippen LogP contribution < -0.4 is 11.5 Å². The summed E-state index contributed by atoms with van der Waals surface area (Å²) >= 11 is 0. The van der Waals surface area contributed by atoms with Gasteiger partial charge in [0.15, 0.2) is 0 Å². The number of hydrogen-bond acceptors (Lipinski definition) is 5. The molecule has 0 amide bonds. The average Bonchev–Trinajstić information content (AvgIpc) is 2.88. The molecule has 2 aromatic rings. The van der Waals surface area contributed by atoms with Gasteiger partial charge in [0.05, 0.1) is 11.4 Å². The van der Waals surface area contributed by atoms with Crippen molar-refractivity contribution in [2.75, 3.05) is 13.1 Å². The molecule has 4 rings (SSSR count). The highest BCUT2D eigenvalue weighted by Gasteiger charge is 2.24. The van der Waals surface area contributed by atoms with Crippen LogP contribution in [0.3, 0.4) is 0 Å². The number of halogens is 1. The monoisotopic (exact) mass is 443 g/mol. The molecule has 0 aromatic carbocycles. The van der Waals surface area contributed by atoms with Crippen LogP contribution in [0.4, 0.5) is 4.39 Å². The van der Waals surface area contributed by atoms with E-state index in [1.807, 2.05) is 26.1 Å².